The van der Waals surface area contributed by atoms with E-state index in [1.165, 1.54) is 0 Å². The lowest BCUT2D eigenvalue weighted by Crippen LogP contribution is -2.43. The van der Waals surface area contributed by atoms with Crippen LogP contribution in [0, 0.1) is 0 Å². The third-order valence-electron chi connectivity index (χ3n) is 2.25. The van der Waals surface area contributed by atoms with Crippen LogP contribution in [0.5, 0.6) is 0 Å². The smallest absolute Gasteiger partial charge is 0.185 e. The van der Waals surface area contributed by atoms with E-state index >= 15 is 0 Å². The van der Waals surface area contributed by atoms with Gasteiger partial charge < -0.3 is 19.1 Å². The fraction of sp³-hybridized carbons (Fsp3) is 1.00. The fourth-order valence-corrected chi connectivity index (χ4v) is 1.57. The van der Waals surface area contributed by atoms with Gasteiger partial charge in [0.15, 0.2) is 6.29 Å². The van der Waals surface area contributed by atoms with Crippen LogP contribution >= 0.6 is 0 Å². The summed E-state index contributed by atoms with van der Waals surface area (Å²) in [6.45, 7) is 3.95. The molecule has 0 aromatic carbocycles. The van der Waals surface area contributed by atoms with Crippen molar-refractivity contribution in [2.24, 2.45) is 0 Å². The highest BCUT2D eigenvalue weighted by Crippen LogP contribution is 2.15. The molecule has 0 aliphatic carbocycles. The maximum absolute atomic E-state index is 5.54. The van der Waals surface area contributed by atoms with Crippen molar-refractivity contribution in [3.63, 3.8) is 0 Å². The molecular weight excluding hydrogens is 158 g/mol. The van der Waals surface area contributed by atoms with Crippen LogP contribution in [0.3, 0.4) is 0 Å². The monoisotopic (exact) mass is 173 g/mol. The van der Waals surface area contributed by atoms with E-state index < -0.39 is 0 Å². The summed E-state index contributed by atoms with van der Waals surface area (Å²) in [5.41, 5.74) is 0. The lowest BCUT2D eigenvalue weighted by molar-refractivity contribution is -0.239. The summed E-state index contributed by atoms with van der Waals surface area (Å²) in [7, 11) is 2.07. The molecule has 0 aromatic heterocycles. The Morgan fingerprint density at radius 1 is 1.08 bits per heavy atom. The molecule has 0 bridgehead atoms. The first kappa shape index (κ1) is 8.44. The van der Waals surface area contributed by atoms with Gasteiger partial charge in [-0.3, -0.25) is 0 Å². The number of hydrogen-bond donors (Lipinski definition) is 0. The number of ether oxygens (including phenoxy) is 3. The first-order valence-electron chi connectivity index (χ1n) is 4.39. The van der Waals surface area contributed by atoms with Gasteiger partial charge in [0.2, 0.25) is 0 Å². The topological polar surface area (TPSA) is 30.9 Å². The Balaban J connectivity index is 1.96. The standard InChI is InChI=1S/C8H15NO3/c1-9-2-3-11-8-7(6-9)10-4-5-12-8/h7-8H,2-6H2,1H3. The maximum Gasteiger partial charge on any atom is 0.185 e. The molecule has 12 heavy (non-hydrogen) atoms. The summed E-state index contributed by atoms with van der Waals surface area (Å²) in [5.74, 6) is 0. The number of hydrogen-bond acceptors (Lipinski definition) is 4. The summed E-state index contributed by atoms with van der Waals surface area (Å²) in [6, 6.07) is 0. The Hall–Kier alpha value is -0.160. The van der Waals surface area contributed by atoms with Gasteiger partial charge in [-0.05, 0) is 7.05 Å². The lowest BCUT2D eigenvalue weighted by atomic mass is 10.3. The van der Waals surface area contributed by atoms with Gasteiger partial charge in [-0.15, -0.1) is 0 Å². The van der Waals surface area contributed by atoms with Gasteiger partial charge in [0.05, 0.1) is 19.8 Å². The summed E-state index contributed by atoms with van der Waals surface area (Å²) >= 11 is 0. The highest BCUT2D eigenvalue weighted by atomic mass is 16.7. The molecule has 2 heterocycles. The van der Waals surface area contributed by atoms with Crippen LogP contribution in [-0.4, -0.2) is 57.3 Å². The molecule has 0 N–H and O–H groups in total. The zero-order valence-corrected chi connectivity index (χ0v) is 7.36. The van der Waals surface area contributed by atoms with Crippen LogP contribution in [0.25, 0.3) is 0 Å². The van der Waals surface area contributed by atoms with Gasteiger partial charge >= 0.3 is 0 Å². The molecule has 0 spiro atoms. The molecule has 4 nitrogen and oxygen atoms in total. The lowest BCUT2D eigenvalue weighted by Gasteiger charge is -2.30. The molecule has 0 amide bonds. The van der Waals surface area contributed by atoms with Crippen LogP contribution < -0.4 is 0 Å². The third kappa shape index (κ3) is 1.77. The quantitative estimate of drug-likeness (QED) is 0.503. The van der Waals surface area contributed by atoms with Crippen molar-refractivity contribution in [1.82, 2.24) is 4.90 Å². The zero-order chi connectivity index (χ0) is 8.39. The van der Waals surface area contributed by atoms with Crippen LogP contribution in [0.2, 0.25) is 0 Å². The van der Waals surface area contributed by atoms with E-state index in [0.29, 0.717) is 13.2 Å². The van der Waals surface area contributed by atoms with E-state index in [4.69, 9.17) is 14.2 Å². The Morgan fingerprint density at radius 3 is 2.75 bits per heavy atom. The minimum Gasteiger partial charge on any atom is -0.369 e. The highest BCUT2D eigenvalue weighted by Gasteiger charge is 2.30. The van der Waals surface area contributed by atoms with Crippen LogP contribution in [0.1, 0.15) is 0 Å². The molecule has 2 saturated heterocycles. The molecule has 70 valence electrons. The summed E-state index contributed by atoms with van der Waals surface area (Å²) in [6.07, 6.45) is -0.0325. The normalized spacial score (nSPS) is 38.8. The average molecular weight is 173 g/mol. The number of nitrogens with zero attached hydrogens (tertiary/aromatic N) is 1. The van der Waals surface area contributed by atoms with Crippen molar-refractivity contribution in [3.8, 4) is 0 Å². The van der Waals surface area contributed by atoms with Crippen molar-refractivity contribution in [1.29, 1.82) is 0 Å². The Bertz CT molecular complexity index is 153. The number of fused-ring (bicyclic) bond motifs is 1. The molecule has 0 radical (unpaired) electrons. The SMILES string of the molecule is CN1CCOC2OCCOC2C1. The van der Waals surface area contributed by atoms with Crippen molar-refractivity contribution in [2.45, 2.75) is 12.4 Å². The van der Waals surface area contributed by atoms with Gasteiger partial charge in [0.25, 0.3) is 0 Å². The Labute approximate surface area is 72.4 Å². The Morgan fingerprint density at radius 2 is 1.83 bits per heavy atom. The van der Waals surface area contributed by atoms with E-state index in [9.17, 15) is 0 Å². The van der Waals surface area contributed by atoms with E-state index in [1.807, 2.05) is 0 Å². The molecule has 2 aliphatic heterocycles. The Kier molecular flexibility index (Phi) is 2.60. The molecule has 2 atom stereocenters. The van der Waals surface area contributed by atoms with Gasteiger partial charge in [-0.1, -0.05) is 0 Å². The predicted molar refractivity (Wildman–Crippen MR) is 42.9 cm³/mol. The summed E-state index contributed by atoms with van der Waals surface area (Å²) in [4.78, 5) is 2.21. The first-order chi connectivity index (χ1) is 5.86. The third-order valence-corrected chi connectivity index (χ3v) is 2.25. The molecule has 2 rings (SSSR count). The highest BCUT2D eigenvalue weighted by molar-refractivity contribution is 4.73. The molecule has 2 fully saturated rings. The van der Waals surface area contributed by atoms with Crippen LogP contribution in [0.15, 0.2) is 0 Å². The fourth-order valence-electron chi connectivity index (χ4n) is 1.57. The minimum atomic E-state index is -0.135. The predicted octanol–water partition coefficient (Wildman–Crippen LogP) is -0.310. The number of likely N-dealkylation sites (N-methyl/N-ethyl adjacent to an activating group) is 1. The molecular formula is C8H15NO3. The second-order valence-electron chi connectivity index (χ2n) is 3.28. The second-order valence-corrected chi connectivity index (χ2v) is 3.28. The molecule has 0 saturated carbocycles. The molecule has 0 aromatic rings. The van der Waals surface area contributed by atoms with Crippen molar-refractivity contribution in [2.75, 3.05) is 40.0 Å². The molecule has 2 unspecified atom stereocenters. The van der Waals surface area contributed by atoms with Crippen molar-refractivity contribution >= 4 is 0 Å². The van der Waals surface area contributed by atoms with Crippen molar-refractivity contribution < 1.29 is 14.2 Å². The summed E-state index contributed by atoms with van der Waals surface area (Å²) in [5, 5.41) is 0. The van der Waals surface area contributed by atoms with Gasteiger partial charge in [0, 0.05) is 13.1 Å². The molecule has 4 heteroatoms. The van der Waals surface area contributed by atoms with E-state index in [0.717, 1.165) is 19.7 Å². The average Bonchev–Trinajstić information content (AvgIpc) is 2.25. The minimum absolute atomic E-state index is 0.103. The second kappa shape index (κ2) is 3.70. The van der Waals surface area contributed by atoms with E-state index in [2.05, 4.69) is 11.9 Å². The van der Waals surface area contributed by atoms with Crippen LogP contribution in [-0.2, 0) is 14.2 Å². The first-order valence-corrected chi connectivity index (χ1v) is 4.39. The van der Waals surface area contributed by atoms with Gasteiger partial charge in [0.1, 0.15) is 6.10 Å². The largest absolute Gasteiger partial charge is 0.369 e. The zero-order valence-electron chi connectivity index (χ0n) is 7.36. The van der Waals surface area contributed by atoms with E-state index in [1.54, 1.807) is 0 Å². The van der Waals surface area contributed by atoms with Gasteiger partial charge in [-0.2, -0.15) is 0 Å². The molecule has 2 aliphatic rings. The van der Waals surface area contributed by atoms with E-state index in [-0.39, 0.29) is 12.4 Å². The van der Waals surface area contributed by atoms with Crippen LogP contribution in [0.4, 0.5) is 0 Å². The maximum atomic E-state index is 5.54. The van der Waals surface area contributed by atoms with Gasteiger partial charge in [-0.25, -0.2) is 0 Å². The number of rotatable bonds is 0. The van der Waals surface area contributed by atoms with Crippen molar-refractivity contribution in [3.05, 3.63) is 0 Å². The summed E-state index contributed by atoms with van der Waals surface area (Å²) < 4.78 is 16.5.